The maximum absolute atomic E-state index is 12.4. The molecule has 1 aromatic heterocycles. The van der Waals surface area contributed by atoms with E-state index in [1.165, 1.54) is 56.3 Å². The molecule has 0 radical (unpaired) electrons. The van der Waals surface area contributed by atoms with Crippen molar-refractivity contribution in [1.29, 1.82) is 0 Å². The summed E-state index contributed by atoms with van der Waals surface area (Å²) in [7, 11) is 0. The number of H-pyrrole nitrogens is 1. The molecule has 4 rings (SSSR count). The molecule has 0 spiro atoms. The Kier molecular flexibility index (Phi) is 5.60. The quantitative estimate of drug-likeness (QED) is 0.813. The molecule has 1 N–H and O–H groups in total. The van der Waals surface area contributed by atoms with Crippen LogP contribution in [0.1, 0.15) is 56.7 Å². The average Bonchev–Trinajstić information content (AvgIpc) is 3.05. The van der Waals surface area contributed by atoms with Crippen LogP contribution in [0, 0.1) is 5.92 Å². The number of piperidine rings is 1. The summed E-state index contributed by atoms with van der Waals surface area (Å²) in [6, 6.07) is 7.68. The lowest BCUT2D eigenvalue weighted by atomic mass is 9.88. The van der Waals surface area contributed by atoms with Crippen molar-refractivity contribution in [3.8, 4) is 5.69 Å². The van der Waals surface area contributed by atoms with Gasteiger partial charge in [-0.3, -0.25) is 4.98 Å². The average molecular weight is 419 g/mol. The second-order valence-corrected chi connectivity index (χ2v) is 8.72. The molecule has 1 atom stereocenters. The lowest BCUT2D eigenvalue weighted by molar-refractivity contribution is 0.158. The molecule has 5 nitrogen and oxygen atoms in total. The molecular formula is C20H27BrN4O. The zero-order valence-corrected chi connectivity index (χ0v) is 16.7. The molecule has 1 saturated carbocycles. The first kappa shape index (κ1) is 18.0. The molecule has 1 unspecified atom stereocenters. The maximum atomic E-state index is 12.4. The maximum Gasteiger partial charge on any atom is 0.348 e. The first-order valence-corrected chi connectivity index (χ1v) is 10.7. The SMILES string of the molecule is O=c1[nH]c(C2CCCN(CC3CCCCC3)C2)nn1-c1ccc(Br)cc1. The second kappa shape index (κ2) is 8.09. The third-order valence-electron chi connectivity index (χ3n) is 5.84. The van der Waals surface area contributed by atoms with E-state index in [0.717, 1.165) is 34.9 Å². The normalized spacial score (nSPS) is 22.6. The molecule has 2 fully saturated rings. The highest BCUT2D eigenvalue weighted by Crippen LogP contribution is 2.29. The number of rotatable bonds is 4. The fourth-order valence-corrected chi connectivity index (χ4v) is 4.73. The molecule has 2 aliphatic rings. The van der Waals surface area contributed by atoms with Crippen molar-refractivity contribution in [2.45, 2.75) is 50.9 Å². The van der Waals surface area contributed by atoms with Crippen LogP contribution >= 0.6 is 15.9 Å². The summed E-state index contributed by atoms with van der Waals surface area (Å²) < 4.78 is 2.48. The Hall–Kier alpha value is -1.40. The highest BCUT2D eigenvalue weighted by molar-refractivity contribution is 9.10. The topological polar surface area (TPSA) is 53.9 Å². The van der Waals surface area contributed by atoms with Gasteiger partial charge in [-0.15, -0.1) is 5.10 Å². The molecule has 26 heavy (non-hydrogen) atoms. The molecule has 0 amide bonds. The number of aromatic nitrogens is 3. The van der Waals surface area contributed by atoms with E-state index in [4.69, 9.17) is 0 Å². The predicted molar refractivity (Wildman–Crippen MR) is 107 cm³/mol. The van der Waals surface area contributed by atoms with E-state index >= 15 is 0 Å². The lowest BCUT2D eigenvalue weighted by Gasteiger charge is -2.35. The Bertz CT molecular complexity index is 776. The molecule has 2 heterocycles. The Labute approximate surface area is 162 Å². The third kappa shape index (κ3) is 4.12. The Morgan fingerprint density at radius 2 is 1.85 bits per heavy atom. The molecule has 6 heteroatoms. The van der Waals surface area contributed by atoms with Gasteiger partial charge < -0.3 is 4.90 Å². The van der Waals surface area contributed by atoms with Crippen LogP contribution in [0.25, 0.3) is 5.69 Å². The lowest BCUT2D eigenvalue weighted by Crippen LogP contribution is -2.38. The van der Waals surface area contributed by atoms with Gasteiger partial charge in [0.15, 0.2) is 0 Å². The van der Waals surface area contributed by atoms with E-state index in [-0.39, 0.29) is 5.69 Å². The van der Waals surface area contributed by atoms with Gasteiger partial charge in [0, 0.05) is 23.5 Å². The van der Waals surface area contributed by atoms with E-state index in [9.17, 15) is 4.79 Å². The highest BCUT2D eigenvalue weighted by atomic mass is 79.9. The van der Waals surface area contributed by atoms with Gasteiger partial charge in [0.05, 0.1) is 5.69 Å². The third-order valence-corrected chi connectivity index (χ3v) is 6.37. The molecule has 0 bridgehead atoms. The summed E-state index contributed by atoms with van der Waals surface area (Å²) in [4.78, 5) is 18.0. The minimum absolute atomic E-state index is 0.147. The molecule has 1 saturated heterocycles. The molecule has 2 aromatic rings. The van der Waals surface area contributed by atoms with Crippen LogP contribution in [0.15, 0.2) is 33.5 Å². The minimum atomic E-state index is -0.147. The van der Waals surface area contributed by atoms with Gasteiger partial charge in [-0.1, -0.05) is 35.2 Å². The van der Waals surface area contributed by atoms with Crippen molar-refractivity contribution in [3.05, 3.63) is 45.0 Å². The van der Waals surface area contributed by atoms with Gasteiger partial charge >= 0.3 is 5.69 Å². The number of nitrogens with one attached hydrogen (secondary N) is 1. The number of benzene rings is 1. The van der Waals surface area contributed by atoms with Gasteiger partial charge in [-0.2, -0.15) is 4.68 Å². The van der Waals surface area contributed by atoms with E-state index in [0.29, 0.717) is 5.92 Å². The highest BCUT2D eigenvalue weighted by Gasteiger charge is 2.26. The van der Waals surface area contributed by atoms with Crippen molar-refractivity contribution in [1.82, 2.24) is 19.7 Å². The van der Waals surface area contributed by atoms with Crippen LogP contribution in [0.3, 0.4) is 0 Å². The van der Waals surface area contributed by atoms with Crippen LogP contribution in [-0.4, -0.2) is 39.3 Å². The van der Waals surface area contributed by atoms with Gasteiger partial charge in [-0.25, -0.2) is 4.79 Å². The van der Waals surface area contributed by atoms with Crippen LogP contribution in [0.2, 0.25) is 0 Å². The van der Waals surface area contributed by atoms with E-state index in [1.807, 2.05) is 24.3 Å². The van der Waals surface area contributed by atoms with E-state index < -0.39 is 0 Å². The fourth-order valence-electron chi connectivity index (χ4n) is 4.46. The second-order valence-electron chi connectivity index (χ2n) is 7.81. The first-order valence-electron chi connectivity index (χ1n) is 9.86. The zero-order chi connectivity index (χ0) is 17.9. The number of likely N-dealkylation sites (tertiary alicyclic amines) is 1. The monoisotopic (exact) mass is 418 g/mol. The largest absolute Gasteiger partial charge is 0.348 e. The first-order chi connectivity index (χ1) is 12.7. The van der Waals surface area contributed by atoms with Crippen molar-refractivity contribution in [2.24, 2.45) is 5.92 Å². The minimum Gasteiger partial charge on any atom is -0.302 e. The predicted octanol–water partition coefficient (Wildman–Crippen LogP) is 4.08. The van der Waals surface area contributed by atoms with Gasteiger partial charge in [0.2, 0.25) is 0 Å². The standard InChI is InChI=1S/C20H27BrN4O/c21-17-8-10-18(11-9-17)25-20(26)22-19(23-25)16-7-4-12-24(14-16)13-15-5-2-1-3-6-15/h8-11,15-16H,1-7,12-14H2,(H,22,23,26). The summed E-state index contributed by atoms with van der Waals surface area (Å²) in [5.74, 6) is 2.03. The zero-order valence-electron chi connectivity index (χ0n) is 15.2. The van der Waals surface area contributed by atoms with Crippen molar-refractivity contribution in [2.75, 3.05) is 19.6 Å². The van der Waals surface area contributed by atoms with Gasteiger partial charge in [-0.05, 0) is 62.4 Å². The van der Waals surface area contributed by atoms with Crippen LogP contribution < -0.4 is 5.69 Å². The van der Waals surface area contributed by atoms with Crippen molar-refractivity contribution < 1.29 is 0 Å². The summed E-state index contributed by atoms with van der Waals surface area (Å²) in [6.45, 7) is 3.42. The summed E-state index contributed by atoms with van der Waals surface area (Å²) in [5, 5.41) is 4.62. The van der Waals surface area contributed by atoms with E-state index in [2.05, 4.69) is 30.9 Å². The van der Waals surface area contributed by atoms with Crippen LogP contribution in [0.5, 0.6) is 0 Å². The van der Waals surface area contributed by atoms with Crippen LogP contribution in [0.4, 0.5) is 0 Å². The van der Waals surface area contributed by atoms with Gasteiger partial charge in [0.25, 0.3) is 0 Å². The molecule has 140 valence electrons. The number of hydrogen-bond donors (Lipinski definition) is 1. The summed E-state index contributed by atoms with van der Waals surface area (Å²) in [5.41, 5.74) is 0.655. The molecular weight excluding hydrogens is 392 g/mol. The smallest absolute Gasteiger partial charge is 0.302 e. The fraction of sp³-hybridized carbons (Fsp3) is 0.600. The molecule has 1 aromatic carbocycles. The molecule has 1 aliphatic heterocycles. The number of aromatic amines is 1. The summed E-state index contributed by atoms with van der Waals surface area (Å²) in [6.07, 6.45) is 9.26. The van der Waals surface area contributed by atoms with E-state index in [1.54, 1.807) is 0 Å². The Balaban J connectivity index is 1.46. The summed E-state index contributed by atoms with van der Waals surface area (Å²) >= 11 is 3.43. The van der Waals surface area contributed by atoms with Crippen molar-refractivity contribution in [3.63, 3.8) is 0 Å². The molecule has 1 aliphatic carbocycles. The number of halogens is 1. The van der Waals surface area contributed by atoms with Crippen LogP contribution in [-0.2, 0) is 0 Å². The van der Waals surface area contributed by atoms with Gasteiger partial charge in [0.1, 0.15) is 5.82 Å². The number of nitrogens with zero attached hydrogens (tertiary/aromatic N) is 3. The Morgan fingerprint density at radius 1 is 1.08 bits per heavy atom. The van der Waals surface area contributed by atoms with Crippen molar-refractivity contribution >= 4 is 15.9 Å². The number of hydrogen-bond acceptors (Lipinski definition) is 3. The Morgan fingerprint density at radius 3 is 2.62 bits per heavy atom.